The van der Waals surface area contributed by atoms with Crippen LogP contribution in [0.25, 0.3) is 0 Å². The van der Waals surface area contributed by atoms with Crippen LogP contribution < -0.4 is 5.32 Å². The van der Waals surface area contributed by atoms with E-state index in [1.54, 1.807) is 25.1 Å². The van der Waals surface area contributed by atoms with Gasteiger partial charge in [-0.1, -0.05) is 32.7 Å². The Kier molecular flexibility index (Phi) is 5.20. The van der Waals surface area contributed by atoms with E-state index in [0.29, 0.717) is 10.2 Å². The molecule has 8 heteroatoms. The molecule has 1 aromatic heterocycles. The quantitative estimate of drug-likeness (QED) is 0.811. The van der Waals surface area contributed by atoms with Gasteiger partial charge in [0.05, 0.1) is 10.6 Å². The van der Waals surface area contributed by atoms with E-state index < -0.39 is 18.0 Å². The van der Waals surface area contributed by atoms with Gasteiger partial charge in [0.15, 0.2) is 11.9 Å². The highest BCUT2D eigenvalue weighted by Gasteiger charge is 2.21. The third-order valence-electron chi connectivity index (χ3n) is 2.68. The summed E-state index contributed by atoms with van der Waals surface area (Å²) >= 11 is 9.18. The lowest BCUT2D eigenvalue weighted by Crippen LogP contribution is -2.30. The predicted octanol–water partition coefficient (Wildman–Crippen LogP) is 3.58. The highest BCUT2D eigenvalue weighted by atomic mass is 79.9. The molecule has 1 atom stereocenters. The van der Waals surface area contributed by atoms with Gasteiger partial charge in [-0.25, -0.2) is 4.79 Å². The van der Waals surface area contributed by atoms with Crippen LogP contribution in [0, 0.1) is 6.92 Å². The summed E-state index contributed by atoms with van der Waals surface area (Å²) in [5, 5.41) is 6.35. The van der Waals surface area contributed by atoms with Crippen LogP contribution in [0.15, 0.2) is 33.3 Å². The van der Waals surface area contributed by atoms with Gasteiger partial charge in [-0.15, -0.1) is 0 Å². The maximum atomic E-state index is 12.0. The Bertz CT molecular complexity index is 717. The van der Waals surface area contributed by atoms with E-state index in [9.17, 15) is 9.59 Å². The maximum absolute atomic E-state index is 12.0. The zero-order chi connectivity index (χ0) is 16.3. The topological polar surface area (TPSA) is 81.4 Å². The molecule has 0 radical (unpaired) electrons. The highest BCUT2D eigenvalue weighted by molar-refractivity contribution is 9.10. The molecule has 1 aromatic carbocycles. The van der Waals surface area contributed by atoms with Crippen molar-refractivity contribution in [3.05, 3.63) is 45.1 Å². The monoisotopic (exact) mass is 386 g/mol. The summed E-state index contributed by atoms with van der Waals surface area (Å²) < 4.78 is 10.6. The minimum absolute atomic E-state index is 0.174. The number of nitrogens with zero attached hydrogens (tertiary/aromatic N) is 1. The van der Waals surface area contributed by atoms with Gasteiger partial charge in [0, 0.05) is 10.5 Å². The number of benzene rings is 1. The molecule has 1 heterocycles. The van der Waals surface area contributed by atoms with Gasteiger partial charge >= 0.3 is 5.97 Å². The first kappa shape index (κ1) is 16.5. The smallest absolute Gasteiger partial charge is 0.340 e. The zero-order valence-electron chi connectivity index (χ0n) is 11.7. The van der Waals surface area contributed by atoms with Crippen molar-refractivity contribution < 1.29 is 18.8 Å². The van der Waals surface area contributed by atoms with Crippen molar-refractivity contribution in [2.75, 3.05) is 5.32 Å². The number of aromatic nitrogens is 1. The standard InChI is InChI=1S/C14H12BrClN2O4/c1-7-5-12(18-22-7)17-13(19)8(2)21-14(20)10-6-9(15)3-4-11(10)16/h3-6,8H,1-2H3,(H,17,18,19). The Morgan fingerprint density at radius 3 is 2.77 bits per heavy atom. The number of aryl methyl sites for hydroxylation is 1. The van der Waals surface area contributed by atoms with Crippen LogP contribution in [0.1, 0.15) is 23.0 Å². The minimum Gasteiger partial charge on any atom is -0.449 e. The van der Waals surface area contributed by atoms with Gasteiger partial charge in [0.1, 0.15) is 5.76 Å². The lowest BCUT2D eigenvalue weighted by atomic mass is 10.2. The molecule has 0 saturated heterocycles. The predicted molar refractivity (Wildman–Crippen MR) is 83.9 cm³/mol. The second kappa shape index (κ2) is 6.93. The molecule has 0 bridgehead atoms. The number of halogens is 2. The number of carbonyl (C=O) groups excluding carboxylic acids is 2. The molecule has 0 aliphatic heterocycles. The number of nitrogens with one attached hydrogen (secondary N) is 1. The van der Waals surface area contributed by atoms with Crippen LogP contribution in [-0.4, -0.2) is 23.1 Å². The van der Waals surface area contributed by atoms with E-state index >= 15 is 0 Å². The number of amides is 1. The highest BCUT2D eigenvalue weighted by Crippen LogP contribution is 2.22. The normalized spacial score (nSPS) is 11.8. The number of hydrogen-bond donors (Lipinski definition) is 1. The summed E-state index contributed by atoms with van der Waals surface area (Å²) in [6, 6.07) is 6.33. The molecule has 0 aliphatic carbocycles. The third kappa shape index (κ3) is 4.08. The molecule has 1 amide bonds. The molecule has 22 heavy (non-hydrogen) atoms. The maximum Gasteiger partial charge on any atom is 0.340 e. The third-order valence-corrected chi connectivity index (χ3v) is 3.50. The van der Waals surface area contributed by atoms with Crippen molar-refractivity contribution in [3.63, 3.8) is 0 Å². The van der Waals surface area contributed by atoms with Crippen molar-refractivity contribution in [3.8, 4) is 0 Å². The van der Waals surface area contributed by atoms with Gasteiger partial charge in [-0.3, -0.25) is 4.79 Å². The molecule has 1 unspecified atom stereocenters. The fraction of sp³-hybridized carbons (Fsp3) is 0.214. The second-order valence-corrected chi connectivity index (χ2v) is 5.81. The fourth-order valence-electron chi connectivity index (χ4n) is 1.58. The summed E-state index contributed by atoms with van der Waals surface area (Å²) in [7, 11) is 0. The molecular weight excluding hydrogens is 376 g/mol. The van der Waals surface area contributed by atoms with E-state index in [1.807, 2.05) is 0 Å². The molecule has 0 spiro atoms. The Morgan fingerprint density at radius 1 is 1.41 bits per heavy atom. The number of ether oxygens (including phenoxy) is 1. The number of rotatable bonds is 4. The minimum atomic E-state index is -1.01. The Labute approximate surface area is 139 Å². The Hall–Kier alpha value is -1.86. The zero-order valence-corrected chi connectivity index (χ0v) is 14.1. The average molecular weight is 388 g/mol. The first-order chi connectivity index (χ1) is 10.4. The summed E-state index contributed by atoms with van der Waals surface area (Å²) in [5.41, 5.74) is 0.174. The molecular formula is C14H12BrClN2O4. The van der Waals surface area contributed by atoms with Crippen LogP contribution in [-0.2, 0) is 9.53 Å². The van der Waals surface area contributed by atoms with Crippen LogP contribution >= 0.6 is 27.5 Å². The van der Waals surface area contributed by atoms with Crippen molar-refractivity contribution in [1.82, 2.24) is 5.16 Å². The van der Waals surface area contributed by atoms with E-state index in [0.717, 1.165) is 0 Å². The van der Waals surface area contributed by atoms with Crippen LogP contribution in [0.2, 0.25) is 5.02 Å². The van der Waals surface area contributed by atoms with Crippen molar-refractivity contribution in [2.24, 2.45) is 0 Å². The molecule has 1 N–H and O–H groups in total. The number of carbonyl (C=O) groups is 2. The summed E-state index contributed by atoms with van der Waals surface area (Å²) in [5.74, 6) is -0.398. The average Bonchev–Trinajstić information content (AvgIpc) is 2.86. The molecule has 116 valence electrons. The number of hydrogen-bond acceptors (Lipinski definition) is 5. The van der Waals surface area contributed by atoms with Gasteiger partial charge < -0.3 is 14.6 Å². The van der Waals surface area contributed by atoms with E-state index in [1.165, 1.54) is 13.0 Å². The summed E-state index contributed by atoms with van der Waals surface area (Å²) in [6.45, 7) is 3.15. The number of esters is 1. The van der Waals surface area contributed by atoms with Crippen LogP contribution in [0.3, 0.4) is 0 Å². The fourth-order valence-corrected chi connectivity index (χ4v) is 2.14. The lowest BCUT2D eigenvalue weighted by Gasteiger charge is -2.13. The van der Waals surface area contributed by atoms with Crippen LogP contribution in [0.5, 0.6) is 0 Å². The van der Waals surface area contributed by atoms with Gasteiger partial charge in [-0.05, 0) is 32.0 Å². The lowest BCUT2D eigenvalue weighted by molar-refractivity contribution is -0.123. The Balaban J connectivity index is 2.01. The van der Waals surface area contributed by atoms with E-state index in [2.05, 4.69) is 26.4 Å². The van der Waals surface area contributed by atoms with Crippen LogP contribution in [0.4, 0.5) is 5.82 Å². The van der Waals surface area contributed by atoms with Crippen molar-refractivity contribution in [2.45, 2.75) is 20.0 Å². The number of anilines is 1. The van der Waals surface area contributed by atoms with Crippen molar-refractivity contribution in [1.29, 1.82) is 0 Å². The SMILES string of the molecule is Cc1cc(NC(=O)C(C)OC(=O)c2cc(Br)ccc2Cl)no1. The molecule has 2 aromatic rings. The first-order valence-electron chi connectivity index (χ1n) is 6.27. The Morgan fingerprint density at radius 2 is 2.14 bits per heavy atom. The van der Waals surface area contributed by atoms with E-state index in [4.69, 9.17) is 20.9 Å². The van der Waals surface area contributed by atoms with Crippen molar-refractivity contribution >= 4 is 45.2 Å². The molecule has 2 rings (SSSR count). The summed E-state index contributed by atoms with van der Waals surface area (Å²) in [4.78, 5) is 24.0. The van der Waals surface area contributed by atoms with Gasteiger partial charge in [-0.2, -0.15) is 0 Å². The largest absolute Gasteiger partial charge is 0.449 e. The van der Waals surface area contributed by atoms with Gasteiger partial charge in [0.2, 0.25) is 0 Å². The molecule has 6 nitrogen and oxygen atoms in total. The van der Waals surface area contributed by atoms with Gasteiger partial charge in [0.25, 0.3) is 5.91 Å². The second-order valence-electron chi connectivity index (χ2n) is 4.48. The van der Waals surface area contributed by atoms with E-state index in [-0.39, 0.29) is 16.4 Å². The molecule has 0 fully saturated rings. The first-order valence-corrected chi connectivity index (χ1v) is 7.44. The molecule has 0 saturated carbocycles. The molecule has 0 aliphatic rings. The summed E-state index contributed by atoms with van der Waals surface area (Å²) in [6.07, 6.45) is -1.01.